The maximum atomic E-state index is 12.5. The molecule has 0 spiro atoms. The van der Waals surface area contributed by atoms with Gasteiger partial charge in [-0.3, -0.25) is 0 Å². The number of aromatic nitrogens is 2. The zero-order valence-electron chi connectivity index (χ0n) is 22.7. The first kappa shape index (κ1) is 32.4. The summed E-state index contributed by atoms with van der Waals surface area (Å²) < 4.78 is 59.5. The van der Waals surface area contributed by atoms with Crippen LogP contribution in [-0.2, 0) is 14.8 Å². The molecule has 1 heterocycles. The van der Waals surface area contributed by atoms with E-state index in [0.717, 1.165) is 55.5 Å². The standard InChI is InChI=1S/C25H32ClN5O2S.C2HF3O2/c1-3-31(2)24-22-6-4-5-7-23(22)29-25(30-24)27-16-18-8-10-19(11-9-18)17-28-34(32,33)21-14-12-20(26)13-15-21;3-2(4,5)1(6)7/h4-7,12-15,18-19,28H,3,8-11,16-17H2,1-2H3,(H,27,29,30);(H,6,7). The zero-order valence-corrected chi connectivity index (χ0v) is 24.2. The first-order valence-corrected chi connectivity index (χ1v) is 14.9. The van der Waals surface area contributed by atoms with Crippen LogP contribution in [0, 0.1) is 11.8 Å². The number of hydrogen-bond acceptors (Lipinski definition) is 7. The van der Waals surface area contributed by atoms with Gasteiger partial charge in [-0.1, -0.05) is 23.7 Å². The molecule has 1 aliphatic rings. The first-order valence-electron chi connectivity index (χ1n) is 13.1. The largest absolute Gasteiger partial charge is 0.490 e. The van der Waals surface area contributed by atoms with Gasteiger partial charge in [0.15, 0.2) is 0 Å². The van der Waals surface area contributed by atoms with E-state index in [1.54, 1.807) is 12.1 Å². The van der Waals surface area contributed by atoms with Crippen LogP contribution in [0.15, 0.2) is 53.4 Å². The third kappa shape index (κ3) is 9.44. The van der Waals surface area contributed by atoms with Crippen LogP contribution < -0.4 is 14.9 Å². The fraction of sp³-hybridized carbons (Fsp3) is 0.444. The summed E-state index contributed by atoms with van der Waals surface area (Å²) in [5.41, 5.74) is 0.937. The molecule has 0 unspecified atom stereocenters. The van der Waals surface area contributed by atoms with Crippen molar-refractivity contribution in [1.82, 2.24) is 14.7 Å². The summed E-state index contributed by atoms with van der Waals surface area (Å²) in [5, 5.41) is 12.2. The highest BCUT2D eigenvalue weighted by Crippen LogP contribution is 2.30. The van der Waals surface area contributed by atoms with Gasteiger partial charge in [0.25, 0.3) is 0 Å². The van der Waals surface area contributed by atoms with Gasteiger partial charge in [-0.05, 0) is 80.8 Å². The van der Waals surface area contributed by atoms with E-state index in [0.29, 0.717) is 29.4 Å². The molecule has 9 nitrogen and oxygen atoms in total. The highest BCUT2D eigenvalue weighted by molar-refractivity contribution is 7.89. The maximum Gasteiger partial charge on any atom is 0.490 e. The molecule has 14 heteroatoms. The molecule has 1 aromatic heterocycles. The van der Waals surface area contributed by atoms with Crippen LogP contribution in [-0.4, -0.2) is 62.3 Å². The number of nitrogens with zero attached hydrogens (tertiary/aromatic N) is 3. The van der Waals surface area contributed by atoms with E-state index < -0.39 is 22.2 Å². The fourth-order valence-electron chi connectivity index (χ4n) is 4.38. The Morgan fingerprint density at radius 2 is 1.59 bits per heavy atom. The number of anilines is 2. The number of aliphatic carboxylic acids is 1. The monoisotopic (exact) mass is 615 g/mol. The lowest BCUT2D eigenvalue weighted by molar-refractivity contribution is -0.192. The van der Waals surface area contributed by atoms with E-state index >= 15 is 0 Å². The van der Waals surface area contributed by atoms with Crippen molar-refractivity contribution >= 4 is 50.3 Å². The number of carboxylic acid groups (broad SMARTS) is 1. The molecule has 3 aromatic rings. The Kier molecular flexibility index (Phi) is 11.2. The molecule has 0 aliphatic heterocycles. The van der Waals surface area contributed by atoms with E-state index in [4.69, 9.17) is 31.5 Å². The van der Waals surface area contributed by atoms with E-state index in [2.05, 4.69) is 27.9 Å². The Labute approximate surface area is 242 Å². The maximum absolute atomic E-state index is 12.5. The molecule has 0 saturated heterocycles. The molecule has 1 fully saturated rings. The van der Waals surface area contributed by atoms with Crippen molar-refractivity contribution in [3.8, 4) is 0 Å². The van der Waals surface area contributed by atoms with Gasteiger partial charge in [0.1, 0.15) is 5.82 Å². The third-order valence-corrected chi connectivity index (χ3v) is 8.55. The Bertz CT molecular complexity index is 1420. The summed E-state index contributed by atoms with van der Waals surface area (Å²) >= 11 is 5.86. The number of fused-ring (bicyclic) bond motifs is 1. The number of carbonyl (C=O) groups is 1. The van der Waals surface area contributed by atoms with Crippen LogP contribution in [0.4, 0.5) is 24.9 Å². The number of rotatable bonds is 9. The molecule has 0 atom stereocenters. The Balaban J connectivity index is 0.000000587. The minimum absolute atomic E-state index is 0.248. The van der Waals surface area contributed by atoms with Crippen LogP contribution >= 0.6 is 11.6 Å². The number of para-hydroxylation sites is 1. The predicted molar refractivity (Wildman–Crippen MR) is 153 cm³/mol. The molecule has 0 radical (unpaired) electrons. The van der Waals surface area contributed by atoms with E-state index in [-0.39, 0.29) is 4.90 Å². The summed E-state index contributed by atoms with van der Waals surface area (Å²) in [7, 11) is -1.47. The number of benzene rings is 2. The smallest absolute Gasteiger partial charge is 0.475 e. The summed E-state index contributed by atoms with van der Waals surface area (Å²) in [6.45, 7) is 4.26. The summed E-state index contributed by atoms with van der Waals surface area (Å²) in [5.74, 6) is -0.293. The average molecular weight is 616 g/mol. The van der Waals surface area contributed by atoms with Crippen molar-refractivity contribution in [3.05, 3.63) is 53.6 Å². The zero-order chi connectivity index (χ0) is 30.2. The highest BCUT2D eigenvalue weighted by atomic mass is 35.5. The van der Waals surface area contributed by atoms with E-state index in [1.165, 1.54) is 12.1 Å². The van der Waals surface area contributed by atoms with Gasteiger partial charge >= 0.3 is 12.1 Å². The summed E-state index contributed by atoms with van der Waals surface area (Å²) in [6.07, 6.45) is -0.985. The molecule has 1 saturated carbocycles. The molecular formula is C27H33ClF3N5O4S. The number of carboxylic acids is 1. The van der Waals surface area contributed by atoms with Crippen molar-refractivity contribution in [1.29, 1.82) is 0 Å². The van der Waals surface area contributed by atoms with Crippen LogP contribution in [0.1, 0.15) is 32.6 Å². The van der Waals surface area contributed by atoms with Gasteiger partial charge < -0.3 is 15.3 Å². The lowest BCUT2D eigenvalue weighted by Gasteiger charge is -2.29. The molecule has 1 aliphatic carbocycles. The van der Waals surface area contributed by atoms with Crippen molar-refractivity contribution in [2.75, 3.05) is 36.9 Å². The lowest BCUT2D eigenvalue weighted by Crippen LogP contribution is -2.32. The molecule has 0 amide bonds. The second-order valence-electron chi connectivity index (χ2n) is 9.78. The molecular weight excluding hydrogens is 583 g/mol. The second-order valence-corrected chi connectivity index (χ2v) is 12.0. The minimum Gasteiger partial charge on any atom is -0.475 e. The summed E-state index contributed by atoms with van der Waals surface area (Å²) in [6, 6.07) is 14.3. The van der Waals surface area contributed by atoms with Gasteiger partial charge in [0.2, 0.25) is 16.0 Å². The first-order chi connectivity index (χ1) is 19.3. The minimum atomic E-state index is -5.08. The van der Waals surface area contributed by atoms with Gasteiger partial charge in [-0.2, -0.15) is 18.2 Å². The van der Waals surface area contributed by atoms with Gasteiger partial charge in [-0.15, -0.1) is 0 Å². The van der Waals surface area contributed by atoms with Crippen molar-refractivity contribution in [2.45, 2.75) is 43.7 Å². The second kappa shape index (κ2) is 14.1. The van der Waals surface area contributed by atoms with Gasteiger partial charge in [0, 0.05) is 37.1 Å². The Morgan fingerprint density at radius 3 is 2.15 bits per heavy atom. The Morgan fingerprint density at radius 1 is 1.02 bits per heavy atom. The highest BCUT2D eigenvalue weighted by Gasteiger charge is 2.38. The van der Waals surface area contributed by atoms with Crippen molar-refractivity contribution in [3.63, 3.8) is 0 Å². The van der Waals surface area contributed by atoms with Gasteiger partial charge in [-0.25, -0.2) is 22.9 Å². The van der Waals surface area contributed by atoms with Crippen LogP contribution in [0.25, 0.3) is 10.9 Å². The van der Waals surface area contributed by atoms with Crippen LogP contribution in [0.3, 0.4) is 0 Å². The third-order valence-electron chi connectivity index (χ3n) is 6.86. The van der Waals surface area contributed by atoms with Crippen LogP contribution in [0.2, 0.25) is 5.02 Å². The number of halogens is 4. The summed E-state index contributed by atoms with van der Waals surface area (Å²) in [4.78, 5) is 20.8. The van der Waals surface area contributed by atoms with Crippen molar-refractivity contribution in [2.24, 2.45) is 11.8 Å². The lowest BCUT2D eigenvalue weighted by atomic mass is 9.82. The number of nitrogens with one attached hydrogen (secondary N) is 2. The van der Waals surface area contributed by atoms with E-state index in [9.17, 15) is 21.6 Å². The van der Waals surface area contributed by atoms with Gasteiger partial charge in [0.05, 0.1) is 10.4 Å². The molecule has 4 rings (SSSR count). The number of hydrogen-bond donors (Lipinski definition) is 3. The van der Waals surface area contributed by atoms with Crippen LogP contribution in [0.5, 0.6) is 0 Å². The van der Waals surface area contributed by atoms with Crippen molar-refractivity contribution < 1.29 is 31.5 Å². The number of sulfonamides is 1. The quantitative estimate of drug-likeness (QED) is 0.285. The predicted octanol–water partition coefficient (Wildman–Crippen LogP) is 5.57. The average Bonchev–Trinajstić information content (AvgIpc) is 2.94. The SMILES string of the molecule is CCN(C)c1nc(NCC2CCC(CNS(=O)(=O)c3ccc(Cl)cc3)CC2)nc2ccccc12.O=C(O)C(F)(F)F. The molecule has 3 N–H and O–H groups in total. The molecule has 0 bridgehead atoms. The topological polar surface area (TPSA) is 125 Å². The molecule has 224 valence electrons. The Hall–Kier alpha value is -3.16. The fourth-order valence-corrected chi connectivity index (χ4v) is 5.62. The molecule has 41 heavy (non-hydrogen) atoms. The number of alkyl halides is 3. The normalized spacial score (nSPS) is 17.4. The molecule has 2 aromatic carbocycles. The van der Waals surface area contributed by atoms with E-state index in [1.807, 2.05) is 25.2 Å².